The van der Waals surface area contributed by atoms with E-state index < -0.39 is 17.6 Å². The molecule has 7 heteroatoms. The molecule has 0 aliphatic carbocycles. The molecule has 2 aromatic rings. The number of nitrogens with one attached hydrogen (secondary N) is 1. The molecule has 1 aromatic heterocycles. The van der Waals surface area contributed by atoms with Crippen molar-refractivity contribution in [1.82, 2.24) is 4.98 Å². The van der Waals surface area contributed by atoms with E-state index in [0.29, 0.717) is 11.3 Å². The average molecular weight is 365 g/mol. The number of rotatable bonds is 7. The highest BCUT2D eigenvalue weighted by atomic mass is 19.4. The monoisotopic (exact) mass is 365 g/mol. The molecule has 0 saturated heterocycles. The predicted molar refractivity (Wildman–Crippen MR) is 96.4 cm³/mol. The molecule has 4 nitrogen and oxygen atoms in total. The van der Waals surface area contributed by atoms with Crippen molar-refractivity contribution in [2.24, 2.45) is 0 Å². The zero-order chi connectivity index (χ0) is 19.2. The van der Waals surface area contributed by atoms with Gasteiger partial charge in [0.25, 0.3) is 5.91 Å². The molecule has 0 radical (unpaired) electrons. The van der Waals surface area contributed by atoms with E-state index in [1.54, 1.807) is 12.3 Å². The Bertz CT molecular complexity index is 724. The highest BCUT2D eigenvalue weighted by molar-refractivity contribution is 6.04. The van der Waals surface area contributed by atoms with Crippen LogP contribution in [-0.2, 0) is 6.18 Å². The maximum Gasteiger partial charge on any atom is 0.416 e. The van der Waals surface area contributed by atoms with Crippen molar-refractivity contribution < 1.29 is 18.0 Å². The van der Waals surface area contributed by atoms with Crippen LogP contribution in [0.1, 0.15) is 42.6 Å². The van der Waals surface area contributed by atoms with Gasteiger partial charge in [-0.15, -0.1) is 0 Å². The van der Waals surface area contributed by atoms with Gasteiger partial charge in [-0.1, -0.05) is 13.8 Å². The molecule has 0 unspecified atom stereocenters. The van der Waals surface area contributed by atoms with E-state index >= 15 is 0 Å². The van der Waals surface area contributed by atoms with Gasteiger partial charge in [-0.3, -0.25) is 9.78 Å². The van der Waals surface area contributed by atoms with Gasteiger partial charge >= 0.3 is 6.18 Å². The Labute approximate surface area is 151 Å². The number of hydrogen-bond acceptors (Lipinski definition) is 3. The number of alkyl halides is 3. The van der Waals surface area contributed by atoms with Crippen molar-refractivity contribution >= 4 is 17.3 Å². The number of aromatic nitrogens is 1. The summed E-state index contributed by atoms with van der Waals surface area (Å²) in [5, 5.41) is 2.60. The fraction of sp³-hybridized carbons (Fsp3) is 0.368. The third-order valence-electron chi connectivity index (χ3n) is 3.81. The second kappa shape index (κ2) is 8.69. The zero-order valence-electron chi connectivity index (χ0n) is 14.8. The number of hydrogen-bond donors (Lipinski definition) is 1. The van der Waals surface area contributed by atoms with Crippen molar-refractivity contribution in [1.29, 1.82) is 0 Å². The van der Waals surface area contributed by atoms with Crippen LogP contribution in [0.5, 0.6) is 0 Å². The number of amides is 1. The SMILES string of the molecule is CCCN(CCC)c1cncc(C(=O)Nc2ccc(C(F)(F)F)cc2)c1. The first-order valence-electron chi connectivity index (χ1n) is 8.53. The summed E-state index contributed by atoms with van der Waals surface area (Å²) in [6.45, 7) is 5.88. The van der Waals surface area contributed by atoms with Crippen molar-refractivity contribution in [3.8, 4) is 0 Å². The molecule has 0 atom stereocenters. The summed E-state index contributed by atoms with van der Waals surface area (Å²) in [5.74, 6) is -0.410. The van der Waals surface area contributed by atoms with Crippen molar-refractivity contribution in [3.05, 3.63) is 53.9 Å². The fourth-order valence-corrected chi connectivity index (χ4v) is 2.58. The lowest BCUT2D eigenvalue weighted by Crippen LogP contribution is -2.25. The summed E-state index contributed by atoms with van der Waals surface area (Å²) >= 11 is 0. The molecule has 0 aliphatic heterocycles. The summed E-state index contributed by atoms with van der Waals surface area (Å²) in [6.07, 6.45) is 0.700. The average Bonchev–Trinajstić information content (AvgIpc) is 2.61. The standard InChI is InChI=1S/C19H22F3N3O/c1-3-9-25(10-4-2)17-11-14(12-23-13-17)18(26)24-16-7-5-15(6-8-16)19(20,21)22/h5-8,11-13H,3-4,9-10H2,1-2H3,(H,24,26). The molecule has 0 spiro atoms. The Hall–Kier alpha value is -2.57. The smallest absolute Gasteiger partial charge is 0.370 e. The molecule has 2 rings (SSSR count). The molecule has 0 fully saturated rings. The highest BCUT2D eigenvalue weighted by Crippen LogP contribution is 2.29. The molecule has 1 amide bonds. The first-order chi connectivity index (χ1) is 12.3. The molecule has 0 aliphatic rings. The third-order valence-corrected chi connectivity index (χ3v) is 3.81. The lowest BCUT2D eigenvalue weighted by molar-refractivity contribution is -0.137. The number of carbonyl (C=O) groups is 1. The quantitative estimate of drug-likeness (QED) is 0.753. The van der Waals surface area contributed by atoms with E-state index in [1.165, 1.54) is 18.3 Å². The van der Waals surface area contributed by atoms with Crippen LogP contribution >= 0.6 is 0 Å². The van der Waals surface area contributed by atoms with E-state index in [0.717, 1.165) is 43.8 Å². The van der Waals surface area contributed by atoms with Crippen LogP contribution in [0.15, 0.2) is 42.7 Å². The summed E-state index contributed by atoms with van der Waals surface area (Å²) in [4.78, 5) is 18.7. The molecular weight excluding hydrogens is 343 g/mol. The van der Waals surface area contributed by atoms with E-state index in [4.69, 9.17) is 0 Å². The molecule has 26 heavy (non-hydrogen) atoms. The normalized spacial score (nSPS) is 11.3. The Morgan fingerprint density at radius 1 is 1.08 bits per heavy atom. The molecule has 1 heterocycles. The van der Waals surface area contributed by atoms with E-state index in [-0.39, 0.29) is 0 Å². The van der Waals surface area contributed by atoms with Crippen molar-refractivity contribution in [2.45, 2.75) is 32.9 Å². The van der Waals surface area contributed by atoms with Crippen LogP contribution < -0.4 is 10.2 Å². The van der Waals surface area contributed by atoms with Gasteiger partial charge in [0.05, 0.1) is 23.0 Å². The Kier molecular flexibility index (Phi) is 6.60. The Morgan fingerprint density at radius 2 is 1.69 bits per heavy atom. The van der Waals surface area contributed by atoms with E-state index in [2.05, 4.69) is 29.0 Å². The first-order valence-corrected chi connectivity index (χ1v) is 8.53. The maximum atomic E-state index is 12.6. The molecule has 1 N–H and O–H groups in total. The molecule has 1 aromatic carbocycles. The molecule has 140 valence electrons. The van der Waals surface area contributed by atoms with Crippen LogP contribution in [0.3, 0.4) is 0 Å². The summed E-state index contributed by atoms with van der Waals surface area (Å²) in [5.41, 5.74) is 0.759. The highest BCUT2D eigenvalue weighted by Gasteiger charge is 2.30. The summed E-state index contributed by atoms with van der Waals surface area (Å²) in [6, 6.07) is 6.09. The minimum atomic E-state index is -4.40. The van der Waals surface area contributed by atoms with E-state index in [9.17, 15) is 18.0 Å². The number of nitrogens with zero attached hydrogens (tertiary/aromatic N) is 2. The van der Waals surface area contributed by atoms with Crippen molar-refractivity contribution in [3.63, 3.8) is 0 Å². The van der Waals surface area contributed by atoms with Gasteiger partial charge in [-0.25, -0.2) is 0 Å². The lowest BCUT2D eigenvalue weighted by Gasteiger charge is -2.23. The molecule has 0 saturated carbocycles. The topological polar surface area (TPSA) is 45.2 Å². The van der Waals surface area contributed by atoms with E-state index in [1.807, 2.05) is 0 Å². The zero-order valence-corrected chi connectivity index (χ0v) is 14.8. The number of anilines is 2. The van der Waals surface area contributed by atoms with Crippen LogP contribution in [0.2, 0.25) is 0 Å². The second-order valence-electron chi connectivity index (χ2n) is 5.95. The van der Waals surface area contributed by atoms with Gasteiger partial charge in [0.1, 0.15) is 0 Å². The Morgan fingerprint density at radius 3 is 2.23 bits per heavy atom. The van der Waals surface area contributed by atoms with Crippen LogP contribution in [0.4, 0.5) is 24.5 Å². The fourth-order valence-electron chi connectivity index (χ4n) is 2.58. The van der Waals surface area contributed by atoms with Gasteiger partial charge in [0, 0.05) is 25.0 Å². The largest absolute Gasteiger partial charge is 0.416 e. The van der Waals surface area contributed by atoms with Crippen LogP contribution in [0, 0.1) is 0 Å². The van der Waals surface area contributed by atoms with Gasteiger partial charge in [-0.05, 0) is 43.2 Å². The summed E-state index contributed by atoms with van der Waals surface area (Å²) in [7, 11) is 0. The van der Waals surface area contributed by atoms with Gasteiger partial charge in [0.2, 0.25) is 0 Å². The summed E-state index contributed by atoms with van der Waals surface area (Å²) < 4.78 is 37.8. The Balaban J connectivity index is 2.13. The number of pyridine rings is 1. The molecule has 0 bridgehead atoms. The number of benzene rings is 1. The van der Waals surface area contributed by atoms with Crippen LogP contribution in [-0.4, -0.2) is 24.0 Å². The predicted octanol–water partition coefficient (Wildman–Crippen LogP) is 4.98. The first kappa shape index (κ1) is 19.8. The van der Waals surface area contributed by atoms with Gasteiger partial charge in [-0.2, -0.15) is 13.2 Å². The third kappa shape index (κ3) is 5.21. The minimum absolute atomic E-state index is 0.298. The van der Waals surface area contributed by atoms with Gasteiger partial charge < -0.3 is 10.2 Å². The minimum Gasteiger partial charge on any atom is -0.370 e. The number of halogens is 3. The maximum absolute atomic E-state index is 12.6. The lowest BCUT2D eigenvalue weighted by atomic mass is 10.2. The van der Waals surface area contributed by atoms with Crippen molar-refractivity contribution in [2.75, 3.05) is 23.3 Å². The van der Waals surface area contributed by atoms with Gasteiger partial charge in [0.15, 0.2) is 0 Å². The number of carbonyl (C=O) groups excluding carboxylic acids is 1. The second-order valence-corrected chi connectivity index (χ2v) is 5.95. The van der Waals surface area contributed by atoms with Crippen LogP contribution in [0.25, 0.3) is 0 Å². The molecular formula is C19H22F3N3O.